The maximum absolute atomic E-state index is 12.8. The average molecular weight is 377 g/mol. The van der Waals surface area contributed by atoms with Crippen molar-refractivity contribution in [3.05, 3.63) is 64.9 Å². The Labute approximate surface area is 163 Å². The number of ether oxygens (including phenoxy) is 1. The molecule has 0 N–H and O–H groups in total. The van der Waals surface area contributed by atoms with Gasteiger partial charge in [-0.1, -0.05) is 18.2 Å². The first-order chi connectivity index (χ1) is 13.4. The van der Waals surface area contributed by atoms with Crippen molar-refractivity contribution in [2.45, 2.75) is 39.7 Å². The van der Waals surface area contributed by atoms with E-state index in [0.717, 1.165) is 45.3 Å². The number of furan rings is 1. The van der Waals surface area contributed by atoms with E-state index in [2.05, 4.69) is 0 Å². The number of hydrogen-bond acceptors (Lipinski definition) is 4. The maximum atomic E-state index is 12.8. The third-order valence-corrected chi connectivity index (χ3v) is 5.41. The Morgan fingerprint density at radius 1 is 1.18 bits per heavy atom. The Hall–Kier alpha value is -3.08. The summed E-state index contributed by atoms with van der Waals surface area (Å²) in [6.07, 6.45) is 1.65. The second-order valence-corrected chi connectivity index (χ2v) is 7.37. The number of fused-ring (bicyclic) bond motifs is 2. The van der Waals surface area contributed by atoms with Crippen LogP contribution >= 0.6 is 0 Å². The highest BCUT2D eigenvalue weighted by molar-refractivity contribution is 5.99. The molecule has 1 aliphatic heterocycles. The standard InChI is InChI=1S/C23H23NO4/c1-14-10-19-18(13-27-21(19)11-15(14)2)12-22(25)28-16(3)23(26)24-9-8-17-6-4-5-7-20(17)24/h4-7,10-11,13,16H,8-9,12H2,1-3H3/t16-/m1/s1. The Kier molecular flexibility index (Phi) is 4.67. The molecule has 0 aliphatic carbocycles. The Morgan fingerprint density at radius 2 is 1.93 bits per heavy atom. The number of esters is 1. The van der Waals surface area contributed by atoms with E-state index in [-0.39, 0.29) is 12.3 Å². The van der Waals surface area contributed by atoms with Crippen LogP contribution in [0.5, 0.6) is 0 Å². The van der Waals surface area contributed by atoms with Gasteiger partial charge in [0.1, 0.15) is 5.58 Å². The van der Waals surface area contributed by atoms with Gasteiger partial charge in [0.05, 0.1) is 12.7 Å². The molecule has 144 valence electrons. The summed E-state index contributed by atoms with van der Waals surface area (Å²) >= 11 is 0. The van der Waals surface area contributed by atoms with Crippen molar-refractivity contribution in [3.63, 3.8) is 0 Å². The molecule has 4 rings (SSSR count). The monoisotopic (exact) mass is 377 g/mol. The number of benzene rings is 2. The number of rotatable bonds is 4. The number of para-hydroxylation sites is 1. The molecule has 2 aromatic carbocycles. The summed E-state index contributed by atoms with van der Waals surface area (Å²) in [6.45, 7) is 6.29. The number of nitrogens with zero attached hydrogens (tertiary/aromatic N) is 1. The van der Waals surface area contributed by atoms with E-state index < -0.39 is 12.1 Å². The van der Waals surface area contributed by atoms with Crippen molar-refractivity contribution in [1.82, 2.24) is 0 Å². The third-order valence-electron chi connectivity index (χ3n) is 5.41. The molecule has 28 heavy (non-hydrogen) atoms. The van der Waals surface area contributed by atoms with Crippen LogP contribution in [0.15, 0.2) is 47.1 Å². The van der Waals surface area contributed by atoms with Crippen molar-refractivity contribution < 1.29 is 18.7 Å². The fourth-order valence-electron chi connectivity index (χ4n) is 3.70. The molecule has 5 heteroatoms. The largest absolute Gasteiger partial charge is 0.464 e. The van der Waals surface area contributed by atoms with E-state index in [9.17, 15) is 9.59 Å². The molecule has 1 aromatic heterocycles. The van der Waals surface area contributed by atoms with E-state index in [1.807, 2.05) is 50.2 Å². The first kappa shape index (κ1) is 18.3. The van der Waals surface area contributed by atoms with Gasteiger partial charge in [-0.15, -0.1) is 0 Å². The lowest BCUT2D eigenvalue weighted by molar-refractivity contribution is -0.153. The van der Waals surface area contributed by atoms with Gasteiger partial charge in [0.15, 0.2) is 6.10 Å². The van der Waals surface area contributed by atoms with Crippen molar-refractivity contribution in [2.24, 2.45) is 0 Å². The number of hydrogen-bond donors (Lipinski definition) is 0. The Morgan fingerprint density at radius 3 is 2.75 bits per heavy atom. The van der Waals surface area contributed by atoms with Crippen LogP contribution in [0.4, 0.5) is 5.69 Å². The SMILES string of the molecule is Cc1cc2occ(CC(=O)O[C@H](C)C(=O)N3CCc4ccccc43)c2cc1C. The minimum atomic E-state index is -0.833. The molecule has 0 saturated heterocycles. The van der Waals surface area contributed by atoms with Crippen LogP contribution < -0.4 is 4.90 Å². The van der Waals surface area contributed by atoms with Crippen molar-refractivity contribution >= 4 is 28.5 Å². The van der Waals surface area contributed by atoms with E-state index in [0.29, 0.717) is 6.54 Å². The van der Waals surface area contributed by atoms with Crippen molar-refractivity contribution in [1.29, 1.82) is 0 Å². The highest BCUT2D eigenvalue weighted by Crippen LogP contribution is 2.29. The topological polar surface area (TPSA) is 59.8 Å². The summed E-state index contributed by atoms with van der Waals surface area (Å²) < 4.78 is 11.0. The maximum Gasteiger partial charge on any atom is 0.311 e. The van der Waals surface area contributed by atoms with Crippen LogP contribution in [0.25, 0.3) is 11.0 Å². The summed E-state index contributed by atoms with van der Waals surface area (Å²) in [4.78, 5) is 26.9. The fourth-order valence-corrected chi connectivity index (χ4v) is 3.70. The zero-order chi connectivity index (χ0) is 19.8. The normalized spacial score (nSPS) is 14.2. The minimum absolute atomic E-state index is 0.0731. The van der Waals surface area contributed by atoms with Crippen LogP contribution in [0, 0.1) is 13.8 Å². The molecule has 0 saturated carbocycles. The third kappa shape index (κ3) is 3.28. The molecule has 1 atom stereocenters. The highest BCUT2D eigenvalue weighted by Gasteiger charge is 2.29. The molecule has 5 nitrogen and oxygen atoms in total. The molecule has 3 aromatic rings. The second-order valence-electron chi connectivity index (χ2n) is 7.37. The van der Waals surface area contributed by atoms with Gasteiger partial charge >= 0.3 is 5.97 Å². The van der Waals surface area contributed by atoms with Gasteiger partial charge in [-0.3, -0.25) is 9.59 Å². The molecule has 0 unspecified atom stereocenters. The van der Waals surface area contributed by atoms with Crippen LogP contribution in [-0.4, -0.2) is 24.5 Å². The Balaban J connectivity index is 1.44. The number of anilines is 1. The molecule has 1 aliphatic rings. The average Bonchev–Trinajstić information content (AvgIpc) is 3.26. The summed E-state index contributed by atoms with van der Waals surface area (Å²) in [5.74, 6) is -0.629. The second kappa shape index (κ2) is 7.15. The predicted octanol–water partition coefficient (Wildman–Crippen LogP) is 4.11. The first-order valence-electron chi connectivity index (χ1n) is 9.50. The van der Waals surface area contributed by atoms with Gasteiger partial charge in [-0.05, 0) is 62.1 Å². The summed E-state index contributed by atoms with van der Waals surface area (Å²) in [5, 5.41) is 0.910. The van der Waals surface area contributed by atoms with E-state index >= 15 is 0 Å². The van der Waals surface area contributed by atoms with Crippen LogP contribution in [0.2, 0.25) is 0 Å². The number of aryl methyl sites for hydroxylation is 2. The highest BCUT2D eigenvalue weighted by atomic mass is 16.5. The van der Waals surface area contributed by atoms with Gasteiger partial charge in [0.2, 0.25) is 0 Å². The zero-order valence-electron chi connectivity index (χ0n) is 16.3. The molecular weight excluding hydrogens is 354 g/mol. The molecule has 0 radical (unpaired) electrons. The lowest BCUT2D eigenvalue weighted by Crippen LogP contribution is -2.39. The molecular formula is C23H23NO4. The van der Waals surface area contributed by atoms with Gasteiger partial charge in [0.25, 0.3) is 5.91 Å². The molecule has 0 bridgehead atoms. The number of carbonyl (C=O) groups is 2. The molecule has 1 amide bonds. The van der Waals surface area contributed by atoms with Crippen LogP contribution in [-0.2, 0) is 27.2 Å². The van der Waals surface area contributed by atoms with Gasteiger partial charge < -0.3 is 14.1 Å². The lowest BCUT2D eigenvalue weighted by Gasteiger charge is -2.21. The zero-order valence-corrected chi connectivity index (χ0v) is 16.3. The quantitative estimate of drug-likeness (QED) is 0.642. The van der Waals surface area contributed by atoms with Gasteiger partial charge in [-0.25, -0.2) is 0 Å². The molecule has 0 spiro atoms. The van der Waals surface area contributed by atoms with Crippen molar-refractivity contribution in [2.75, 3.05) is 11.4 Å². The summed E-state index contributed by atoms with van der Waals surface area (Å²) in [6, 6.07) is 11.8. The van der Waals surface area contributed by atoms with E-state index in [1.54, 1.807) is 18.1 Å². The van der Waals surface area contributed by atoms with Crippen LogP contribution in [0.1, 0.15) is 29.2 Å². The van der Waals surface area contributed by atoms with E-state index in [1.165, 1.54) is 0 Å². The predicted molar refractivity (Wildman–Crippen MR) is 107 cm³/mol. The summed E-state index contributed by atoms with van der Waals surface area (Å²) in [5.41, 5.74) is 5.85. The lowest BCUT2D eigenvalue weighted by atomic mass is 10.0. The summed E-state index contributed by atoms with van der Waals surface area (Å²) in [7, 11) is 0. The first-order valence-corrected chi connectivity index (χ1v) is 9.50. The minimum Gasteiger partial charge on any atom is -0.464 e. The van der Waals surface area contributed by atoms with Gasteiger partial charge in [-0.2, -0.15) is 0 Å². The van der Waals surface area contributed by atoms with Gasteiger partial charge in [0, 0.05) is 23.2 Å². The Bertz CT molecular complexity index is 1070. The smallest absolute Gasteiger partial charge is 0.311 e. The van der Waals surface area contributed by atoms with E-state index in [4.69, 9.17) is 9.15 Å². The number of carbonyl (C=O) groups excluding carboxylic acids is 2. The van der Waals surface area contributed by atoms with Crippen LogP contribution in [0.3, 0.4) is 0 Å². The van der Waals surface area contributed by atoms with Crippen molar-refractivity contribution in [3.8, 4) is 0 Å². The molecule has 2 heterocycles. The molecule has 0 fully saturated rings. The fraction of sp³-hybridized carbons (Fsp3) is 0.304. The number of amides is 1.